The number of aliphatic hydroxyl groups excluding tert-OH is 1. The maximum absolute atomic E-state index is 9.41. The molecule has 1 aromatic heterocycles. The van der Waals surface area contributed by atoms with Crippen LogP contribution in [0.25, 0.3) is 0 Å². The third-order valence-corrected chi connectivity index (χ3v) is 3.83. The number of aromatic nitrogens is 2. The molecule has 1 fully saturated rings. The van der Waals surface area contributed by atoms with Crippen molar-refractivity contribution in [2.75, 3.05) is 23.8 Å². The van der Waals surface area contributed by atoms with Gasteiger partial charge in [-0.2, -0.15) is 0 Å². The van der Waals surface area contributed by atoms with E-state index in [-0.39, 0.29) is 6.61 Å². The molecule has 1 aliphatic rings. The van der Waals surface area contributed by atoms with Gasteiger partial charge in [0.2, 0.25) is 0 Å². The minimum absolute atomic E-state index is 0.255. The topological polar surface area (TPSA) is 70.1 Å². The van der Waals surface area contributed by atoms with Gasteiger partial charge in [0.15, 0.2) is 0 Å². The molecule has 1 saturated carbocycles. The summed E-state index contributed by atoms with van der Waals surface area (Å²) < 4.78 is 0. The van der Waals surface area contributed by atoms with Gasteiger partial charge in [-0.3, -0.25) is 0 Å². The van der Waals surface area contributed by atoms with Crippen LogP contribution in [0, 0.1) is 5.92 Å². The van der Waals surface area contributed by atoms with Crippen molar-refractivity contribution in [3.05, 3.63) is 11.9 Å². The second-order valence-electron chi connectivity index (χ2n) is 5.46. The van der Waals surface area contributed by atoms with Gasteiger partial charge in [0.1, 0.15) is 17.5 Å². The summed E-state index contributed by atoms with van der Waals surface area (Å²) >= 11 is 0. The lowest BCUT2D eigenvalue weighted by molar-refractivity contribution is 0.222. The molecule has 0 radical (unpaired) electrons. The summed E-state index contributed by atoms with van der Waals surface area (Å²) in [6.07, 6.45) is 5.31. The molecule has 1 aliphatic carbocycles. The van der Waals surface area contributed by atoms with E-state index in [1.165, 1.54) is 6.42 Å². The van der Waals surface area contributed by atoms with Crippen LogP contribution in [0.3, 0.4) is 0 Å². The Morgan fingerprint density at radius 1 is 1.25 bits per heavy atom. The van der Waals surface area contributed by atoms with Crippen molar-refractivity contribution in [2.45, 2.75) is 52.0 Å². The minimum Gasteiger partial charge on any atom is -0.396 e. The monoisotopic (exact) mass is 278 g/mol. The highest BCUT2D eigenvalue weighted by Gasteiger charge is 2.26. The Bertz CT molecular complexity index is 400. The zero-order chi connectivity index (χ0) is 14.4. The number of rotatable bonds is 7. The first-order valence-corrected chi connectivity index (χ1v) is 7.76. The molecule has 20 heavy (non-hydrogen) atoms. The fourth-order valence-electron chi connectivity index (χ4n) is 2.81. The first-order valence-electron chi connectivity index (χ1n) is 7.76. The van der Waals surface area contributed by atoms with Crippen molar-refractivity contribution in [2.24, 2.45) is 5.92 Å². The SMILES string of the molecule is CCCc1nc(NCC)cc(NC2CCCC2CO)n1. The van der Waals surface area contributed by atoms with Crippen LogP contribution in [0.4, 0.5) is 11.6 Å². The second-order valence-corrected chi connectivity index (χ2v) is 5.46. The van der Waals surface area contributed by atoms with Gasteiger partial charge in [0, 0.05) is 37.6 Å². The summed E-state index contributed by atoms with van der Waals surface area (Å²) in [4.78, 5) is 9.11. The van der Waals surface area contributed by atoms with E-state index in [4.69, 9.17) is 0 Å². The average Bonchev–Trinajstić information content (AvgIpc) is 2.86. The Morgan fingerprint density at radius 2 is 2.05 bits per heavy atom. The number of nitrogens with one attached hydrogen (secondary N) is 2. The van der Waals surface area contributed by atoms with E-state index in [0.29, 0.717) is 12.0 Å². The van der Waals surface area contributed by atoms with Gasteiger partial charge < -0.3 is 15.7 Å². The molecule has 0 aliphatic heterocycles. The van der Waals surface area contributed by atoms with Gasteiger partial charge in [-0.15, -0.1) is 0 Å². The van der Waals surface area contributed by atoms with E-state index in [0.717, 1.165) is 49.7 Å². The van der Waals surface area contributed by atoms with Crippen molar-refractivity contribution in [1.82, 2.24) is 9.97 Å². The molecule has 0 aromatic carbocycles. The van der Waals surface area contributed by atoms with Crippen molar-refractivity contribution in [3.63, 3.8) is 0 Å². The molecule has 0 amide bonds. The number of nitrogens with zero attached hydrogens (tertiary/aromatic N) is 2. The van der Waals surface area contributed by atoms with Gasteiger partial charge in [-0.25, -0.2) is 9.97 Å². The first-order chi connectivity index (χ1) is 9.76. The van der Waals surface area contributed by atoms with Crippen LogP contribution in [0.15, 0.2) is 6.07 Å². The van der Waals surface area contributed by atoms with Gasteiger partial charge in [-0.1, -0.05) is 13.3 Å². The quantitative estimate of drug-likeness (QED) is 0.714. The van der Waals surface area contributed by atoms with E-state index < -0.39 is 0 Å². The van der Waals surface area contributed by atoms with Crippen LogP contribution in [-0.2, 0) is 6.42 Å². The molecule has 0 spiro atoms. The molecule has 2 unspecified atom stereocenters. The average molecular weight is 278 g/mol. The summed E-state index contributed by atoms with van der Waals surface area (Å²) in [5.41, 5.74) is 0. The molecule has 3 N–H and O–H groups in total. The van der Waals surface area contributed by atoms with Gasteiger partial charge in [-0.05, 0) is 26.2 Å². The Hall–Kier alpha value is -1.36. The highest BCUT2D eigenvalue weighted by molar-refractivity contribution is 5.48. The number of hydrogen-bond acceptors (Lipinski definition) is 5. The lowest BCUT2D eigenvalue weighted by atomic mass is 10.1. The Labute approximate surface area is 121 Å². The molecule has 2 atom stereocenters. The van der Waals surface area contributed by atoms with E-state index in [1.807, 2.05) is 6.07 Å². The van der Waals surface area contributed by atoms with Crippen molar-refractivity contribution in [1.29, 1.82) is 0 Å². The molecular formula is C15H26N4O. The van der Waals surface area contributed by atoms with Gasteiger partial charge in [0.05, 0.1) is 0 Å². The van der Waals surface area contributed by atoms with Crippen LogP contribution in [-0.4, -0.2) is 34.3 Å². The minimum atomic E-state index is 0.255. The number of aryl methyl sites for hydroxylation is 1. The largest absolute Gasteiger partial charge is 0.396 e. The molecule has 5 heteroatoms. The molecular weight excluding hydrogens is 252 g/mol. The maximum Gasteiger partial charge on any atom is 0.133 e. The van der Waals surface area contributed by atoms with Crippen LogP contribution in [0.2, 0.25) is 0 Å². The number of hydrogen-bond donors (Lipinski definition) is 3. The zero-order valence-corrected chi connectivity index (χ0v) is 12.5. The summed E-state index contributed by atoms with van der Waals surface area (Å²) in [6.45, 7) is 5.30. The molecule has 2 rings (SSSR count). The highest BCUT2D eigenvalue weighted by Crippen LogP contribution is 2.28. The van der Waals surface area contributed by atoms with Crippen LogP contribution in [0.1, 0.15) is 45.4 Å². The summed E-state index contributed by atoms with van der Waals surface area (Å²) in [5, 5.41) is 16.2. The highest BCUT2D eigenvalue weighted by atomic mass is 16.3. The van der Waals surface area contributed by atoms with E-state index in [2.05, 4.69) is 34.4 Å². The lowest BCUT2D eigenvalue weighted by Crippen LogP contribution is -2.27. The fourth-order valence-corrected chi connectivity index (χ4v) is 2.81. The third-order valence-electron chi connectivity index (χ3n) is 3.83. The summed E-state index contributed by atoms with van der Waals surface area (Å²) in [7, 11) is 0. The number of aliphatic hydroxyl groups is 1. The predicted octanol–water partition coefficient (Wildman–Crippen LogP) is 2.43. The van der Waals surface area contributed by atoms with Crippen LogP contribution >= 0.6 is 0 Å². The third kappa shape index (κ3) is 3.82. The summed E-state index contributed by atoms with van der Waals surface area (Å²) in [6, 6.07) is 2.30. The molecule has 0 bridgehead atoms. The van der Waals surface area contributed by atoms with Crippen LogP contribution < -0.4 is 10.6 Å². The maximum atomic E-state index is 9.41. The number of anilines is 2. The van der Waals surface area contributed by atoms with Crippen molar-refractivity contribution >= 4 is 11.6 Å². The standard InChI is InChI=1S/C15H26N4O/c1-3-6-13-18-14(16-4-2)9-15(19-13)17-12-8-5-7-11(12)10-20/h9,11-12,20H,3-8,10H2,1-2H3,(H2,16,17,18,19). The Balaban J connectivity index is 2.12. The molecule has 1 aromatic rings. The van der Waals surface area contributed by atoms with Gasteiger partial charge in [0.25, 0.3) is 0 Å². The molecule has 1 heterocycles. The summed E-state index contributed by atoms with van der Waals surface area (Å²) in [5.74, 6) is 2.99. The Morgan fingerprint density at radius 3 is 2.75 bits per heavy atom. The fraction of sp³-hybridized carbons (Fsp3) is 0.733. The first kappa shape index (κ1) is 15.0. The second kappa shape index (κ2) is 7.43. The normalized spacial score (nSPS) is 21.9. The molecule has 112 valence electrons. The molecule has 0 saturated heterocycles. The van der Waals surface area contributed by atoms with Gasteiger partial charge >= 0.3 is 0 Å². The van der Waals surface area contributed by atoms with Crippen LogP contribution in [0.5, 0.6) is 0 Å². The van der Waals surface area contributed by atoms with E-state index in [9.17, 15) is 5.11 Å². The molecule has 5 nitrogen and oxygen atoms in total. The van der Waals surface area contributed by atoms with E-state index in [1.54, 1.807) is 0 Å². The smallest absolute Gasteiger partial charge is 0.133 e. The lowest BCUT2D eigenvalue weighted by Gasteiger charge is -2.20. The van der Waals surface area contributed by atoms with Crippen molar-refractivity contribution < 1.29 is 5.11 Å². The zero-order valence-electron chi connectivity index (χ0n) is 12.5. The predicted molar refractivity (Wildman–Crippen MR) is 82.0 cm³/mol. The van der Waals surface area contributed by atoms with E-state index >= 15 is 0 Å². The van der Waals surface area contributed by atoms with Crippen molar-refractivity contribution in [3.8, 4) is 0 Å². The Kier molecular flexibility index (Phi) is 5.59.